The van der Waals surface area contributed by atoms with E-state index in [-0.39, 0.29) is 30.6 Å². The summed E-state index contributed by atoms with van der Waals surface area (Å²) in [5.41, 5.74) is 4.43. The Hall–Kier alpha value is -3.68. The summed E-state index contributed by atoms with van der Waals surface area (Å²) in [7, 11) is 0. The highest BCUT2D eigenvalue weighted by Crippen LogP contribution is 2.38. The van der Waals surface area contributed by atoms with Crippen molar-refractivity contribution in [3.63, 3.8) is 0 Å². The average Bonchev–Trinajstić information content (AvgIpc) is 3.42. The summed E-state index contributed by atoms with van der Waals surface area (Å²) in [6.45, 7) is 8.65. The van der Waals surface area contributed by atoms with Crippen LogP contribution in [0.15, 0.2) is 72.1 Å². The van der Waals surface area contributed by atoms with Crippen molar-refractivity contribution in [1.29, 1.82) is 0 Å². The molecule has 0 N–H and O–H groups in total. The number of rotatable bonds is 8. The van der Waals surface area contributed by atoms with Crippen molar-refractivity contribution in [3.8, 4) is 11.1 Å². The highest BCUT2D eigenvalue weighted by molar-refractivity contribution is 5.68. The van der Waals surface area contributed by atoms with Crippen LogP contribution in [0.1, 0.15) is 55.3 Å². The SMILES string of the molecule is C=C(C1CCN(c2cc(-c3cc(CCC(C)(F)F)ccc3F)ccn2)CC1)N1N=CCC1c1cc(C)cc(F)c1. The van der Waals surface area contributed by atoms with Gasteiger partial charge in [0.05, 0.1) is 6.04 Å². The summed E-state index contributed by atoms with van der Waals surface area (Å²) in [6, 6.07) is 13.2. The number of hydrazone groups is 1. The second kappa shape index (κ2) is 11.4. The first-order valence-corrected chi connectivity index (χ1v) is 13.7. The molecule has 3 heterocycles. The van der Waals surface area contributed by atoms with Gasteiger partial charge in [-0.2, -0.15) is 5.10 Å². The summed E-state index contributed by atoms with van der Waals surface area (Å²) in [5, 5.41) is 6.52. The van der Waals surface area contributed by atoms with E-state index in [1.165, 1.54) is 12.1 Å². The van der Waals surface area contributed by atoms with Crippen LogP contribution in [0.2, 0.25) is 0 Å². The second-order valence-electron chi connectivity index (χ2n) is 11.0. The Kier molecular flexibility index (Phi) is 7.97. The Morgan fingerprint density at radius 1 is 1.05 bits per heavy atom. The molecule has 0 saturated carbocycles. The maximum Gasteiger partial charge on any atom is 0.245 e. The molecule has 1 unspecified atom stereocenters. The van der Waals surface area contributed by atoms with Gasteiger partial charge in [-0.15, -0.1) is 0 Å². The quantitative estimate of drug-likeness (QED) is 0.266. The van der Waals surface area contributed by atoms with Gasteiger partial charge in [0.25, 0.3) is 0 Å². The molecule has 0 aliphatic carbocycles. The molecule has 2 aliphatic rings. The zero-order valence-electron chi connectivity index (χ0n) is 22.9. The third-order valence-corrected chi connectivity index (χ3v) is 7.80. The monoisotopic (exact) mass is 550 g/mol. The number of alkyl halides is 2. The topological polar surface area (TPSA) is 31.7 Å². The van der Waals surface area contributed by atoms with Crippen molar-refractivity contribution in [2.24, 2.45) is 11.0 Å². The molecule has 0 bridgehead atoms. The third-order valence-electron chi connectivity index (χ3n) is 7.80. The number of aryl methyl sites for hydroxylation is 2. The van der Waals surface area contributed by atoms with Crippen molar-refractivity contribution in [3.05, 3.63) is 95.3 Å². The van der Waals surface area contributed by atoms with Crippen molar-refractivity contribution >= 4 is 12.0 Å². The lowest BCUT2D eigenvalue weighted by Crippen LogP contribution is -2.37. The van der Waals surface area contributed by atoms with Crippen molar-refractivity contribution in [1.82, 2.24) is 9.99 Å². The van der Waals surface area contributed by atoms with E-state index in [1.54, 1.807) is 30.5 Å². The van der Waals surface area contributed by atoms with Crippen LogP contribution in [-0.4, -0.2) is 35.2 Å². The van der Waals surface area contributed by atoms with Gasteiger partial charge < -0.3 is 4.90 Å². The van der Waals surface area contributed by atoms with Crippen LogP contribution in [-0.2, 0) is 6.42 Å². The lowest BCUT2D eigenvalue weighted by atomic mass is 9.92. The molecule has 4 nitrogen and oxygen atoms in total. The predicted molar refractivity (Wildman–Crippen MR) is 151 cm³/mol. The zero-order chi connectivity index (χ0) is 28.4. The molecule has 3 aromatic rings. The van der Waals surface area contributed by atoms with Crippen molar-refractivity contribution < 1.29 is 17.6 Å². The van der Waals surface area contributed by atoms with Crippen LogP contribution < -0.4 is 4.90 Å². The minimum absolute atomic E-state index is 0.0625. The maximum absolute atomic E-state index is 14.8. The van der Waals surface area contributed by atoms with Crippen LogP contribution >= 0.6 is 0 Å². The minimum Gasteiger partial charge on any atom is -0.357 e. The summed E-state index contributed by atoms with van der Waals surface area (Å²) in [6.07, 6.45) is 5.81. The van der Waals surface area contributed by atoms with E-state index < -0.39 is 11.7 Å². The third kappa shape index (κ3) is 6.37. The van der Waals surface area contributed by atoms with Crippen molar-refractivity contribution in [2.75, 3.05) is 18.0 Å². The van der Waals surface area contributed by atoms with Gasteiger partial charge >= 0.3 is 0 Å². The standard InChI is InChI=1S/C32H34F4N4/c1-21-16-26(19-27(33)17-21)30-8-13-38-40(30)22(2)24-9-14-39(15-10-24)31-20-25(7-12-37-31)28-18-23(4-5-29(28)34)6-11-32(3,35)36/h4-5,7,12-13,16-20,24,30H,2,6,8-11,14-15H2,1,3H3. The van der Waals surface area contributed by atoms with E-state index >= 15 is 0 Å². The molecular weight excluding hydrogens is 516 g/mol. The van der Waals surface area contributed by atoms with Crippen LogP contribution in [0.3, 0.4) is 0 Å². The largest absolute Gasteiger partial charge is 0.357 e. The Morgan fingerprint density at radius 3 is 2.55 bits per heavy atom. The first kappa shape index (κ1) is 27.9. The zero-order valence-corrected chi connectivity index (χ0v) is 22.9. The van der Waals surface area contributed by atoms with Crippen molar-refractivity contribution in [2.45, 2.75) is 57.9 Å². The number of aromatic nitrogens is 1. The fourth-order valence-corrected chi connectivity index (χ4v) is 5.62. The molecule has 40 heavy (non-hydrogen) atoms. The number of anilines is 1. The molecule has 210 valence electrons. The Bertz CT molecular complexity index is 1390. The van der Waals surface area contributed by atoms with E-state index in [1.807, 2.05) is 30.3 Å². The maximum atomic E-state index is 14.8. The molecule has 2 aromatic carbocycles. The van der Waals surface area contributed by atoms with Gasteiger partial charge in [0, 0.05) is 55.5 Å². The van der Waals surface area contributed by atoms with E-state index in [0.29, 0.717) is 23.1 Å². The first-order valence-electron chi connectivity index (χ1n) is 13.7. The normalized spacial score (nSPS) is 18.0. The lowest BCUT2D eigenvalue weighted by Gasteiger charge is -2.37. The number of allylic oxidation sites excluding steroid dienone is 1. The molecule has 1 fully saturated rings. The first-order chi connectivity index (χ1) is 19.1. The van der Waals surface area contributed by atoms with Gasteiger partial charge in [-0.05, 0) is 91.8 Å². The molecule has 5 rings (SSSR count). The number of piperidine rings is 1. The van der Waals surface area contributed by atoms with Gasteiger partial charge in [-0.25, -0.2) is 22.5 Å². The highest BCUT2D eigenvalue weighted by Gasteiger charge is 2.31. The van der Waals surface area contributed by atoms with Gasteiger partial charge in [0.2, 0.25) is 5.92 Å². The van der Waals surface area contributed by atoms with Crippen LogP contribution in [0.5, 0.6) is 0 Å². The van der Waals surface area contributed by atoms with Crippen LogP contribution in [0.4, 0.5) is 23.4 Å². The molecule has 8 heteroatoms. The fourth-order valence-electron chi connectivity index (χ4n) is 5.62. The molecule has 2 aliphatic heterocycles. The van der Waals surface area contributed by atoms with Gasteiger partial charge in [-0.3, -0.25) is 5.01 Å². The van der Waals surface area contributed by atoms with E-state index in [0.717, 1.165) is 55.5 Å². The average molecular weight is 551 g/mol. The number of benzene rings is 2. The number of pyridine rings is 1. The molecule has 1 atom stereocenters. The van der Waals surface area contributed by atoms with E-state index in [9.17, 15) is 17.6 Å². The smallest absolute Gasteiger partial charge is 0.245 e. The highest BCUT2D eigenvalue weighted by atomic mass is 19.3. The van der Waals surface area contributed by atoms with Crippen LogP contribution in [0, 0.1) is 24.5 Å². The molecule has 1 aromatic heterocycles. The number of hydrogen-bond acceptors (Lipinski definition) is 4. The second-order valence-corrected chi connectivity index (χ2v) is 11.0. The summed E-state index contributed by atoms with van der Waals surface area (Å²) >= 11 is 0. The summed E-state index contributed by atoms with van der Waals surface area (Å²) in [5.74, 6) is -2.44. The molecule has 1 saturated heterocycles. The molecule has 0 amide bonds. The Labute approximate surface area is 233 Å². The Balaban J connectivity index is 1.25. The number of halogens is 4. The van der Waals surface area contributed by atoms with Gasteiger partial charge in [0.1, 0.15) is 17.5 Å². The Morgan fingerprint density at radius 2 is 1.82 bits per heavy atom. The minimum atomic E-state index is -2.77. The van der Waals surface area contributed by atoms with Crippen LogP contribution in [0.25, 0.3) is 11.1 Å². The predicted octanol–water partition coefficient (Wildman–Crippen LogP) is 8.09. The lowest BCUT2D eigenvalue weighted by molar-refractivity contribution is 0.0133. The summed E-state index contributed by atoms with van der Waals surface area (Å²) < 4.78 is 55.5. The summed E-state index contributed by atoms with van der Waals surface area (Å²) in [4.78, 5) is 6.71. The molecule has 0 spiro atoms. The van der Waals surface area contributed by atoms with E-state index in [4.69, 9.17) is 0 Å². The number of nitrogens with zero attached hydrogens (tertiary/aromatic N) is 4. The number of hydrogen-bond donors (Lipinski definition) is 0. The van der Waals surface area contributed by atoms with E-state index in [2.05, 4.69) is 21.6 Å². The molecule has 0 radical (unpaired) electrons. The van der Waals surface area contributed by atoms with Gasteiger partial charge in [-0.1, -0.05) is 18.7 Å². The van der Waals surface area contributed by atoms with Gasteiger partial charge in [0.15, 0.2) is 0 Å². The molecular formula is C32H34F4N4. The fraction of sp³-hybridized carbons (Fsp3) is 0.375.